The molecule has 0 fully saturated rings. The van der Waals surface area contributed by atoms with E-state index in [4.69, 9.17) is 0 Å². The number of pyridine rings is 1. The van der Waals surface area contributed by atoms with E-state index in [1.807, 2.05) is 0 Å². The molecule has 0 bridgehead atoms. The topological polar surface area (TPSA) is 74.3 Å². The lowest BCUT2D eigenvalue weighted by atomic mass is 9.98. The van der Waals surface area contributed by atoms with Gasteiger partial charge in [0, 0.05) is 31.1 Å². The largest absolute Gasteiger partial charge is 0.341 e. The summed E-state index contributed by atoms with van der Waals surface area (Å²) >= 11 is 0. The fourth-order valence-electron chi connectivity index (χ4n) is 2.48. The van der Waals surface area contributed by atoms with E-state index in [2.05, 4.69) is 15.6 Å². The molecular weight excluding hydrogens is 330 g/mol. The molecule has 0 aliphatic rings. The first-order valence-electron chi connectivity index (χ1n) is 7.49. The fraction of sp³-hybridized carbons (Fsp3) is 0.235. The van der Waals surface area contributed by atoms with E-state index in [-0.39, 0.29) is 12.1 Å². The minimum absolute atomic E-state index is 0.177. The number of aromatic nitrogens is 1. The van der Waals surface area contributed by atoms with E-state index < -0.39 is 29.6 Å². The van der Waals surface area contributed by atoms with Crippen molar-refractivity contribution in [2.45, 2.75) is 6.04 Å². The van der Waals surface area contributed by atoms with Crippen molar-refractivity contribution in [3.8, 4) is 0 Å². The Labute approximate surface area is 143 Å². The first kappa shape index (κ1) is 18.5. The summed E-state index contributed by atoms with van der Waals surface area (Å²) in [4.78, 5) is 28.7. The lowest BCUT2D eigenvalue weighted by Gasteiger charge is -2.28. The molecule has 1 aromatic heterocycles. The van der Waals surface area contributed by atoms with Crippen LogP contribution in [0.4, 0.5) is 13.6 Å². The predicted molar refractivity (Wildman–Crippen MR) is 87.7 cm³/mol. The molecule has 0 saturated heterocycles. The number of urea groups is 1. The molecule has 0 radical (unpaired) electrons. The molecule has 1 aromatic carbocycles. The highest BCUT2D eigenvalue weighted by atomic mass is 19.1. The van der Waals surface area contributed by atoms with Crippen LogP contribution in [0.1, 0.15) is 17.2 Å². The van der Waals surface area contributed by atoms with Crippen molar-refractivity contribution in [2.24, 2.45) is 0 Å². The van der Waals surface area contributed by atoms with Gasteiger partial charge in [-0.25, -0.2) is 13.6 Å². The van der Waals surface area contributed by atoms with Gasteiger partial charge in [0.25, 0.3) is 0 Å². The Kier molecular flexibility index (Phi) is 6.13. The van der Waals surface area contributed by atoms with Crippen LogP contribution in [0, 0.1) is 11.6 Å². The lowest BCUT2D eigenvalue weighted by Crippen LogP contribution is -2.43. The van der Waals surface area contributed by atoms with Crippen LogP contribution in [-0.4, -0.2) is 42.5 Å². The highest BCUT2D eigenvalue weighted by Gasteiger charge is 2.25. The zero-order chi connectivity index (χ0) is 18.4. The average molecular weight is 348 g/mol. The number of carbonyl (C=O) groups is 2. The van der Waals surface area contributed by atoms with Gasteiger partial charge in [-0.3, -0.25) is 20.0 Å². The van der Waals surface area contributed by atoms with Crippen molar-refractivity contribution in [3.63, 3.8) is 0 Å². The molecule has 0 aliphatic heterocycles. The summed E-state index contributed by atoms with van der Waals surface area (Å²) in [5.41, 5.74) is 0.827. The van der Waals surface area contributed by atoms with E-state index in [9.17, 15) is 18.4 Å². The number of amides is 3. The molecule has 0 unspecified atom stereocenters. The van der Waals surface area contributed by atoms with E-state index in [0.29, 0.717) is 5.56 Å². The third-order valence-corrected chi connectivity index (χ3v) is 3.57. The van der Waals surface area contributed by atoms with Crippen LogP contribution >= 0.6 is 0 Å². The van der Waals surface area contributed by atoms with Crippen molar-refractivity contribution in [2.75, 3.05) is 20.6 Å². The van der Waals surface area contributed by atoms with Gasteiger partial charge in [-0.2, -0.15) is 0 Å². The van der Waals surface area contributed by atoms with Crippen molar-refractivity contribution in [1.82, 2.24) is 20.5 Å². The summed E-state index contributed by atoms with van der Waals surface area (Å²) in [7, 11) is 2.99. The number of imide groups is 1. The number of hydrogen-bond donors (Lipinski definition) is 2. The first-order chi connectivity index (χ1) is 11.9. The Morgan fingerprint density at radius 1 is 1.28 bits per heavy atom. The molecule has 1 heterocycles. The number of nitrogens with one attached hydrogen (secondary N) is 2. The number of carbonyl (C=O) groups excluding carboxylic acids is 2. The molecule has 2 aromatic rings. The molecule has 2 N–H and O–H groups in total. The summed E-state index contributed by atoms with van der Waals surface area (Å²) in [6.07, 6.45) is 3.11. The summed E-state index contributed by atoms with van der Waals surface area (Å²) < 4.78 is 27.5. The van der Waals surface area contributed by atoms with E-state index in [0.717, 1.165) is 12.1 Å². The Hall–Kier alpha value is -2.87. The summed E-state index contributed by atoms with van der Waals surface area (Å²) in [5, 5.41) is 4.42. The van der Waals surface area contributed by atoms with Crippen LogP contribution in [0.3, 0.4) is 0 Å². The molecule has 8 heteroatoms. The van der Waals surface area contributed by atoms with Crippen LogP contribution in [0.25, 0.3) is 0 Å². The van der Waals surface area contributed by atoms with Gasteiger partial charge in [-0.15, -0.1) is 0 Å². The van der Waals surface area contributed by atoms with Gasteiger partial charge in [0.05, 0.1) is 12.6 Å². The average Bonchev–Trinajstić information content (AvgIpc) is 2.57. The van der Waals surface area contributed by atoms with Gasteiger partial charge in [-0.05, 0) is 24.7 Å². The van der Waals surface area contributed by atoms with Crippen LogP contribution in [-0.2, 0) is 4.79 Å². The molecule has 1 atom stereocenters. The van der Waals surface area contributed by atoms with Gasteiger partial charge in [-0.1, -0.05) is 12.1 Å². The standard InChI is InChI=1S/C17H18F2N4O2/c1-20-17(25)22-15(24)10-23(2)16(11-4-3-7-21-9-11)13-6-5-12(18)8-14(13)19/h3-9,16H,10H2,1-2H3,(H2,20,22,24,25)/t16-/m1/s1. The molecule has 25 heavy (non-hydrogen) atoms. The molecule has 3 amide bonds. The molecule has 0 saturated carbocycles. The summed E-state index contributed by atoms with van der Waals surface area (Å²) in [5.74, 6) is -1.98. The van der Waals surface area contributed by atoms with Gasteiger partial charge in [0.2, 0.25) is 5.91 Å². The van der Waals surface area contributed by atoms with Crippen LogP contribution < -0.4 is 10.6 Å². The third-order valence-electron chi connectivity index (χ3n) is 3.57. The SMILES string of the molecule is CNC(=O)NC(=O)CN(C)[C@H](c1cccnc1)c1ccc(F)cc1F. The van der Waals surface area contributed by atoms with Crippen molar-refractivity contribution < 1.29 is 18.4 Å². The van der Waals surface area contributed by atoms with Crippen molar-refractivity contribution in [1.29, 1.82) is 0 Å². The van der Waals surface area contributed by atoms with E-state index in [1.165, 1.54) is 13.1 Å². The van der Waals surface area contributed by atoms with Crippen molar-refractivity contribution >= 4 is 11.9 Å². The van der Waals surface area contributed by atoms with Gasteiger partial charge in [0.1, 0.15) is 11.6 Å². The Bertz CT molecular complexity index is 756. The van der Waals surface area contributed by atoms with Crippen LogP contribution in [0.2, 0.25) is 0 Å². The number of halogens is 2. The first-order valence-corrected chi connectivity index (χ1v) is 7.49. The monoisotopic (exact) mass is 348 g/mol. The number of likely N-dealkylation sites (N-methyl/N-ethyl adjacent to an activating group) is 1. The Morgan fingerprint density at radius 3 is 2.64 bits per heavy atom. The Morgan fingerprint density at radius 2 is 2.04 bits per heavy atom. The third kappa shape index (κ3) is 4.80. The number of benzene rings is 1. The molecule has 2 rings (SSSR count). The maximum atomic E-state index is 14.3. The van der Waals surface area contributed by atoms with Crippen LogP contribution in [0.15, 0.2) is 42.7 Å². The summed E-state index contributed by atoms with van der Waals surface area (Å²) in [6.45, 7) is -0.177. The normalized spacial score (nSPS) is 11.9. The minimum Gasteiger partial charge on any atom is -0.341 e. The number of nitrogens with zero attached hydrogens (tertiary/aromatic N) is 2. The molecule has 0 aliphatic carbocycles. The zero-order valence-corrected chi connectivity index (χ0v) is 13.8. The maximum Gasteiger partial charge on any atom is 0.321 e. The highest BCUT2D eigenvalue weighted by Crippen LogP contribution is 2.29. The van der Waals surface area contributed by atoms with E-state index in [1.54, 1.807) is 36.5 Å². The fourth-order valence-corrected chi connectivity index (χ4v) is 2.48. The highest BCUT2D eigenvalue weighted by molar-refractivity contribution is 5.95. The second-order valence-corrected chi connectivity index (χ2v) is 5.40. The number of hydrogen-bond acceptors (Lipinski definition) is 4. The maximum absolute atomic E-state index is 14.3. The predicted octanol–water partition coefficient (Wildman–Crippen LogP) is 1.84. The molecule has 0 spiro atoms. The molecule has 132 valence electrons. The van der Waals surface area contributed by atoms with Crippen LogP contribution in [0.5, 0.6) is 0 Å². The van der Waals surface area contributed by atoms with Gasteiger partial charge in [0.15, 0.2) is 0 Å². The number of rotatable bonds is 5. The molecular formula is C17H18F2N4O2. The van der Waals surface area contributed by atoms with E-state index >= 15 is 0 Å². The Balaban J connectivity index is 2.32. The smallest absolute Gasteiger partial charge is 0.321 e. The van der Waals surface area contributed by atoms with Crippen molar-refractivity contribution in [3.05, 3.63) is 65.5 Å². The quantitative estimate of drug-likeness (QED) is 0.865. The van der Waals surface area contributed by atoms with Gasteiger partial charge >= 0.3 is 6.03 Å². The lowest BCUT2D eigenvalue weighted by molar-refractivity contribution is -0.121. The second-order valence-electron chi connectivity index (χ2n) is 5.40. The minimum atomic E-state index is -0.729. The molecule has 6 nitrogen and oxygen atoms in total. The summed E-state index contributed by atoms with van der Waals surface area (Å²) in [6, 6.07) is 5.37. The van der Waals surface area contributed by atoms with Gasteiger partial charge < -0.3 is 5.32 Å². The zero-order valence-electron chi connectivity index (χ0n) is 13.8. The second kappa shape index (κ2) is 8.29.